The van der Waals surface area contributed by atoms with Gasteiger partial charge in [0, 0.05) is 23.8 Å². The van der Waals surface area contributed by atoms with Gasteiger partial charge in [0.15, 0.2) is 0 Å². The van der Waals surface area contributed by atoms with Gasteiger partial charge in [0.25, 0.3) is 0 Å². The maximum Gasteiger partial charge on any atom is 0.228 e. The molecule has 1 fully saturated rings. The van der Waals surface area contributed by atoms with E-state index in [9.17, 15) is 4.79 Å². The number of nitrogens with zero attached hydrogens (tertiary/aromatic N) is 1. The minimum Gasteiger partial charge on any atom is -0.457 e. The van der Waals surface area contributed by atoms with Crippen LogP contribution >= 0.6 is 11.6 Å². The first kappa shape index (κ1) is 20.5. The third-order valence-corrected chi connectivity index (χ3v) is 5.70. The first-order chi connectivity index (χ1) is 14.7. The monoisotopic (exact) mass is 420 g/mol. The fourth-order valence-corrected chi connectivity index (χ4v) is 3.95. The van der Waals surface area contributed by atoms with Crippen molar-refractivity contribution in [2.75, 3.05) is 18.4 Å². The zero-order chi connectivity index (χ0) is 20.8. The second kappa shape index (κ2) is 9.79. The van der Waals surface area contributed by atoms with Gasteiger partial charge in [-0.3, -0.25) is 9.69 Å². The van der Waals surface area contributed by atoms with Gasteiger partial charge >= 0.3 is 0 Å². The molecule has 1 heterocycles. The van der Waals surface area contributed by atoms with Crippen LogP contribution in [0.5, 0.6) is 11.5 Å². The van der Waals surface area contributed by atoms with E-state index < -0.39 is 0 Å². The number of ether oxygens (including phenoxy) is 1. The molecule has 3 aromatic carbocycles. The fourth-order valence-electron chi connectivity index (χ4n) is 3.76. The Morgan fingerprint density at radius 1 is 0.967 bits per heavy atom. The van der Waals surface area contributed by atoms with Crippen LogP contribution in [0.3, 0.4) is 0 Å². The van der Waals surface area contributed by atoms with Gasteiger partial charge < -0.3 is 10.1 Å². The lowest BCUT2D eigenvalue weighted by molar-refractivity contribution is -0.121. The van der Waals surface area contributed by atoms with E-state index in [1.807, 2.05) is 78.9 Å². The summed E-state index contributed by atoms with van der Waals surface area (Å²) in [5.41, 5.74) is 1.89. The molecule has 0 spiro atoms. The number of carbonyl (C=O) groups excluding carboxylic acids is 1. The molecule has 0 saturated carbocycles. The quantitative estimate of drug-likeness (QED) is 0.533. The predicted molar refractivity (Wildman–Crippen MR) is 121 cm³/mol. The molecule has 0 bridgehead atoms. The van der Waals surface area contributed by atoms with Crippen LogP contribution in [-0.4, -0.2) is 23.9 Å². The summed E-state index contributed by atoms with van der Waals surface area (Å²) in [6.07, 6.45) is 1.91. The van der Waals surface area contributed by atoms with Crippen molar-refractivity contribution in [1.29, 1.82) is 0 Å². The summed E-state index contributed by atoms with van der Waals surface area (Å²) in [6, 6.07) is 25.0. The minimum absolute atomic E-state index is 0.0264. The SMILES string of the molecule is O=C(Nc1ccc(Oc2ccccc2)cc1)[C@H]1CCCN(Cc2ccccc2Cl)C1. The Hall–Kier alpha value is -2.82. The van der Waals surface area contributed by atoms with Crippen molar-refractivity contribution in [3.05, 3.63) is 89.4 Å². The van der Waals surface area contributed by atoms with E-state index in [4.69, 9.17) is 16.3 Å². The zero-order valence-corrected chi connectivity index (χ0v) is 17.5. The van der Waals surface area contributed by atoms with Gasteiger partial charge in [-0.15, -0.1) is 0 Å². The topological polar surface area (TPSA) is 41.6 Å². The number of anilines is 1. The van der Waals surface area contributed by atoms with E-state index in [0.717, 1.165) is 60.2 Å². The normalized spacial score (nSPS) is 16.8. The van der Waals surface area contributed by atoms with Crippen molar-refractivity contribution < 1.29 is 9.53 Å². The summed E-state index contributed by atoms with van der Waals surface area (Å²) in [4.78, 5) is 15.1. The van der Waals surface area contributed by atoms with Crippen molar-refractivity contribution in [3.8, 4) is 11.5 Å². The Morgan fingerprint density at radius 3 is 2.43 bits per heavy atom. The van der Waals surface area contributed by atoms with Crippen LogP contribution in [0.1, 0.15) is 18.4 Å². The molecule has 0 aromatic heterocycles. The number of hydrogen-bond donors (Lipinski definition) is 1. The van der Waals surface area contributed by atoms with Crippen LogP contribution in [0.4, 0.5) is 5.69 Å². The van der Waals surface area contributed by atoms with Crippen LogP contribution in [0, 0.1) is 5.92 Å². The molecule has 1 N–H and O–H groups in total. The molecular formula is C25H25ClN2O2. The Balaban J connectivity index is 1.32. The standard InChI is InChI=1S/C25H25ClN2O2/c26-24-11-5-4-7-19(24)17-28-16-6-8-20(18-28)25(29)27-21-12-14-23(15-13-21)30-22-9-2-1-3-10-22/h1-5,7,9-15,20H,6,8,16-18H2,(H,27,29)/t20-/m0/s1. The number of nitrogens with one attached hydrogen (secondary N) is 1. The number of hydrogen-bond acceptors (Lipinski definition) is 3. The zero-order valence-electron chi connectivity index (χ0n) is 16.8. The minimum atomic E-state index is -0.0264. The van der Waals surface area contributed by atoms with E-state index >= 15 is 0 Å². The van der Waals surface area contributed by atoms with E-state index in [1.54, 1.807) is 0 Å². The molecule has 1 amide bonds. The van der Waals surface area contributed by atoms with Gasteiger partial charge in [-0.2, -0.15) is 0 Å². The molecule has 0 aliphatic carbocycles. The number of likely N-dealkylation sites (tertiary alicyclic amines) is 1. The fraction of sp³-hybridized carbons (Fsp3) is 0.240. The highest BCUT2D eigenvalue weighted by atomic mass is 35.5. The van der Waals surface area contributed by atoms with Crippen LogP contribution < -0.4 is 10.1 Å². The van der Waals surface area contributed by atoms with Gasteiger partial charge in [-0.05, 0) is 67.4 Å². The second-order valence-corrected chi connectivity index (χ2v) is 8.00. The largest absolute Gasteiger partial charge is 0.457 e. The lowest BCUT2D eigenvalue weighted by Gasteiger charge is -2.32. The van der Waals surface area contributed by atoms with E-state index in [-0.39, 0.29) is 11.8 Å². The number of benzene rings is 3. The van der Waals surface area contributed by atoms with E-state index in [2.05, 4.69) is 10.2 Å². The van der Waals surface area contributed by atoms with Crippen LogP contribution in [0.15, 0.2) is 78.9 Å². The first-order valence-corrected chi connectivity index (χ1v) is 10.6. The van der Waals surface area contributed by atoms with Crippen molar-refractivity contribution in [1.82, 2.24) is 4.90 Å². The molecule has 0 unspecified atom stereocenters. The van der Waals surface area contributed by atoms with Crippen molar-refractivity contribution >= 4 is 23.2 Å². The summed E-state index contributed by atoms with van der Waals surface area (Å²) in [5.74, 6) is 1.56. The highest BCUT2D eigenvalue weighted by Gasteiger charge is 2.26. The lowest BCUT2D eigenvalue weighted by Crippen LogP contribution is -2.40. The predicted octanol–water partition coefficient (Wildman–Crippen LogP) is 5.98. The van der Waals surface area contributed by atoms with E-state index in [0.29, 0.717) is 0 Å². The molecule has 1 saturated heterocycles. The number of piperidine rings is 1. The Morgan fingerprint density at radius 2 is 1.67 bits per heavy atom. The number of amides is 1. The third kappa shape index (κ3) is 5.41. The molecular weight excluding hydrogens is 396 g/mol. The molecule has 4 nitrogen and oxygen atoms in total. The molecule has 3 aromatic rings. The average molecular weight is 421 g/mol. The number of rotatable bonds is 6. The smallest absolute Gasteiger partial charge is 0.228 e. The average Bonchev–Trinajstić information content (AvgIpc) is 2.78. The van der Waals surface area contributed by atoms with Crippen molar-refractivity contribution in [3.63, 3.8) is 0 Å². The van der Waals surface area contributed by atoms with Gasteiger partial charge in [-0.25, -0.2) is 0 Å². The summed E-state index contributed by atoms with van der Waals surface area (Å²) in [6.45, 7) is 2.50. The van der Waals surface area contributed by atoms with E-state index in [1.165, 1.54) is 0 Å². The Labute approximate surface area is 182 Å². The number of halogens is 1. The Bertz CT molecular complexity index is 976. The van der Waals surface area contributed by atoms with Crippen LogP contribution in [0.25, 0.3) is 0 Å². The van der Waals surface area contributed by atoms with Crippen LogP contribution in [-0.2, 0) is 11.3 Å². The first-order valence-electron chi connectivity index (χ1n) is 10.3. The van der Waals surface area contributed by atoms with Gasteiger partial charge in [0.2, 0.25) is 5.91 Å². The van der Waals surface area contributed by atoms with Gasteiger partial charge in [0.05, 0.1) is 5.92 Å². The van der Waals surface area contributed by atoms with Gasteiger partial charge in [-0.1, -0.05) is 48.0 Å². The molecule has 1 aliphatic heterocycles. The summed E-state index contributed by atoms with van der Waals surface area (Å²) >= 11 is 6.30. The highest BCUT2D eigenvalue weighted by Crippen LogP contribution is 2.25. The molecule has 154 valence electrons. The molecule has 1 aliphatic rings. The summed E-state index contributed by atoms with van der Waals surface area (Å²) in [5, 5.41) is 3.83. The highest BCUT2D eigenvalue weighted by molar-refractivity contribution is 6.31. The second-order valence-electron chi connectivity index (χ2n) is 7.59. The Kier molecular flexibility index (Phi) is 6.67. The maximum atomic E-state index is 12.8. The summed E-state index contributed by atoms with van der Waals surface area (Å²) in [7, 11) is 0. The number of para-hydroxylation sites is 1. The summed E-state index contributed by atoms with van der Waals surface area (Å²) < 4.78 is 5.80. The maximum absolute atomic E-state index is 12.8. The van der Waals surface area contributed by atoms with Crippen molar-refractivity contribution in [2.45, 2.75) is 19.4 Å². The molecule has 30 heavy (non-hydrogen) atoms. The molecule has 1 atom stereocenters. The molecule has 0 radical (unpaired) electrons. The molecule has 4 rings (SSSR count). The van der Waals surface area contributed by atoms with Gasteiger partial charge in [0.1, 0.15) is 11.5 Å². The van der Waals surface area contributed by atoms with Crippen LogP contribution in [0.2, 0.25) is 5.02 Å². The molecule has 5 heteroatoms. The number of carbonyl (C=O) groups is 1. The lowest BCUT2D eigenvalue weighted by atomic mass is 9.96. The van der Waals surface area contributed by atoms with Crippen molar-refractivity contribution in [2.24, 2.45) is 5.92 Å². The third-order valence-electron chi connectivity index (χ3n) is 5.33.